The van der Waals surface area contributed by atoms with Crippen molar-refractivity contribution in [3.63, 3.8) is 0 Å². The van der Waals surface area contributed by atoms with Gasteiger partial charge in [0.05, 0.1) is 18.3 Å². The van der Waals surface area contributed by atoms with Gasteiger partial charge in [-0.2, -0.15) is 0 Å². The molecule has 4 aliphatic rings. The van der Waals surface area contributed by atoms with Crippen LogP contribution in [0.4, 0.5) is 0 Å². The summed E-state index contributed by atoms with van der Waals surface area (Å²) < 4.78 is 0. The van der Waals surface area contributed by atoms with Gasteiger partial charge < -0.3 is 15.3 Å². The summed E-state index contributed by atoms with van der Waals surface area (Å²) >= 11 is 0. The molecule has 0 aromatic carbocycles. The van der Waals surface area contributed by atoms with E-state index in [1.165, 1.54) is 24.8 Å². The number of carbonyl (C=O) groups is 1. The summed E-state index contributed by atoms with van der Waals surface area (Å²) in [5.74, 6) is 1.77. The summed E-state index contributed by atoms with van der Waals surface area (Å²) in [5, 5.41) is 31.5. The molecular formula is C32H50O4. The summed E-state index contributed by atoms with van der Waals surface area (Å²) in [5.41, 5.74) is 3.39. The molecule has 0 saturated heterocycles. The van der Waals surface area contributed by atoms with Crippen molar-refractivity contribution in [2.24, 2.45) is 28.6 Å². The van der Waals surface area contributed by atoms with Crippen LogP contribution in [0.1, 0.15) is 111 Å². The quantitative estimate of drug-likeness (QED) is 0.324. The van der Waals surface area contributed by atoms with E-state index in [0.29, 0.717) is 36.9 Å². The molecule has 7 atom stereocenters. The molecule has 4 heteroatoms. The first-order valence-corrected chi connectivity index (χ1v) is 14.8. The maximum absolute atomic E-state index is 12.5. The second kappa shape index (κ2) is 11.3. The number of Topliss-reactive ketones (excluding diaryl/α,β-unsaturated/α-hetero) is 1. The summed E-state index contributed by atoms with van der Waals surface area (Å²) in [6.07, 6.45) is 16.2. The minimum Gasteiger partial charge on any atom is -0.393 e. The topological polar surface area (TPSA) is 77.8 Å². The van der Waals surface area contributed by atoms with Crippen molar-refractivity contribution in [3.8, 4) is 0 Å². The van der Waals surface area contributed by atoms with Gasteiger partial charge in [0.1, 0.15) is 5.78 Å². The summed E-state index contributed by atoms with van der Waals surface area (Å²) in [6.45, 7) is 10.9. The van der Waals surface area contributed by atoms with Gasteiger partial charge in [-0.15, -0.1) is 0 Å². The standard InChI is InChI=1S/C32H50O4/c1-5-8-30(36)32(17-18-32)16-7-10-28(34)22(3)26-13-14-27-23(9-6-15-31(26,27)4)11-12-24-19-25(33)20-29(35)21(24)2/h11-12,22,25-29,33-35H,2,5-10,13-20H2,1,3-4H3/b23-11+,24-12-/t22-,25+,26+,27-,28+,29-,31+/m0/s1. The Morgan fingerprint density at radius 2 is 1.94 bits per heavy atom. The molecule has 0 heterocycles. The molecule has 0 bridgehead atoms. The van der Waals surface area contributed by atoms with E-state index in [1.54, 1.807) is 0 Å². The molecule has 202 valence electrons. The van der Waals surface area contributed by atoms with Gasteiger partial charge in [0, 0.05) is 18.3 Å². The van der Waals surface area contributed by atoms with Crippen molar-refractivity contribution in [1.29, 1.82) is 0 Å². The van der Waals surface area contributed by atoms with Gasteiger partial charge in [0.15, 0.2) is 0 Å². The normalized spacial score (nSPS) is 37.7. The van der Waals surface area contributed by atoms with Crippen molar-refractivity contribution in [2.45, 2.75) is 129 Å². The summed E-state index contributed by atoms with van der Waals surface area (Å²) in [7, 11) is 0. The van der Waals surface area contributed by atoms with Gasteiger partial charge >= 0.3 is 0 Å². The van der Waals surface area contributed by atoms with E-state index in [1.807, 2.05) is 0 Å². The minimum atomic E-state index is -0.646. The van der Waals surface area contributed by atoms with Crippen molar-refractivity contribution >= 4 is 5.78 Å². The minimum absolute atomic E-state index is 0.0449. The summed E-state index contributed by atoms with van der Waals surface area (Å²) in [4.78, 5) is 12.5. The number of ketones is 1. The zero-order valence-corrected chi connectivity index (χ0v) is 23.0. The maximum Gasteiger partial charge on any atom is 0.139 e. The fourth-order valence-electron chi connectivity index (χ4n) is 8.10. The van der Waals surface area contributed by atoms with Crippen LogP contribution in [0.2, 0.25) is 0 Å². The number of hydrogen-bond acceptors (Lipinski definition) is 4. The monoisotopic (exact) mass is 498 g/mol. The zero-order chi connectivity index (χ0) is 26.1. The number of aliphatic hydroxyl groups excluding tert-OH is 3. The van der Waals surface area contributed by atoms with Crippen molar-refractivity contribution < 1.29 is 20.1 Å². The Morgan fingerprint density at radius 3 is 2.64 bits per heavy atom. The number of aliphatic hydroxyl groups is 3. The molecule has 0 aromatic rings. The van der Waals surface area contributed by atoms with Crippen molar-refractivity contribution in [3.05, 3.63) is 35.5 Å². The Hall–Kier alpha value is -1.23. The van der Waals surface area contributed by atoms with Crippen LogP contribution >= 0.6 is 0 Å². The van der Waals surface area contributed by atoms with Gasteiger partial charge in [-0.25, -0.2) is 0 Å². The second-order valence-electron chi connectivity index (χ2n) is 12.9. The number of allylic oxidation sites excluding steroid dienone is 3. The predicted octanol–water partition coefficient (Wildman–Crippen LogP) is 6.44. The van der Waals surface area contributed by atoms with E-state index in [4.69, 9.17) is 0 Å². The van der Waals surface area contributed by atoms with Gasteiger partial charge in [0.2, 0.25) is 0 Å². The molecule has 0 amide bonds. The lowest BCUT2D eigenvalue weighted by atomic mass is 9.60. The Kier molecular flexibility index (Phi) is 8.69. The lowest BCUT2D eigenvalue weighted by molar-refractivity contribution is -0.124. The zero-order valence-electron chi connectivity index (χ0n) is 23.0. The Labute approximate surface area is 219 Å². The van der Waals surface area contributed by atoms with Gasteiger partial charge in [-0.05, 0) is 111 Å². The average molecular weight is 499 g/mol. The van der Waals surface area contributed by atoms with E-state index in [9.17, 15) is 20.1 Å². The number of carbonyl (C=O) groups excluding carboxylic acids is 1. The molecule has 0 radical (unpaired) electrons. The third-order valence-electron chi connectivity index (χ3n) is 10.6. The highest BCUT2D eigenvalue weighted by atomic mass is 16.3. The van der Waals surface area contributed by atoms with E-state index in [-0.39, 0.29) is 22.9 Å². The van der Waals surface area contributed by atoms with Crippen LogP contribution in [0.25, 0.3) is 0 Å². The Bertz CT molecular complexity index is 881. The van der Waals surface area contributed by atoms with Gasteiger partial charge in [-0.1, -0.05) is 45.1 Å². The van der Waals surface area contributed by atoms with E-state index in [0.717, 1.165) is 62.5 Å². The molecule has 4 fully saturated rings. The highest BCUT2D eigenvalue weighted by Gasteiger charge is 2.52. The second-order valence-corrected chi connectivity index (χ2v) is 12.9. The van der Waals surface area contributed by atoms with E-state index >= 15 is 0 Å². The van der Waals surface area contributed by atoms with E-state index < -0.39 is 12.2 Å². The molecule has 0 spiro atoms. The Morgan fingerprint density at radius 1 is 1.19 bits per heavy atom. The number of hydrogen-bond donors (Lipinski definition) is 3. The third kappa shape index (κ3) is 5.61. The van der Waals surface area contributed by atoms with Gasteiger partial charge in [0.25, 0.3) is 0 Å². The van der Waals surface area contributed by atoms with Gasteiger partial charge in [-0.3, -0.25) is 4.79 Å². The molecule has 0 aromatic heterocycles. The molecule has 36 heavy (non-hydrogen) atoms. The van der Waals surface area contributed by atoms with Crippen LogP contribution in [0.15, 0.2) is 35.5 Å². The lowest BCUT2D eigenvalue weighted by Gasteiger charge is -2.45. The van der Waals surface area contributed by atoms with Crippen molar-refractivity contribution in [2.75, 3.05) is 0 Å². The first-order chi connectivity index (χ1) is 17.1. The summed E-state index contributed by atoms with van der Waals surface area (Å²) in [6, 6.07) is 0. The first-order valence-electron chi connectivity index (χ1n) is 14.8. The first kappa shape index (κ1) is 27.8. The highest BCUT2D eigenvalue weighted by molar-refractivity contribution is 5.87. The van der Waals surface area contributed by atoms with Crippen LogP contribution in [0.5, 0.6) is 0 Å². The van der Waals surface area contributed by atoms with Crippen molar-refractivity contribution in [1.82, 2.24) is 0 Å². The average Bonchev–Trinajstić information content (AvgIpc) is 3.54. The number of rotatable bonds is 10. The van der Waals surface area contributed by atoms with Crippen LogP contribution in [-0.4, -0.2) is 39.4 Å². The lowest BCUT2D eigenvalue weighted by Crippen LogP contribution is -2.39. The van der Waals surface area contributed by atoms with E-state index in [2.05, 4.69) is 39.5 Å². The molecular weight excluding hydrogens is 448 g/mol. The SMILES string of the molecule is C=C1/C(=C\C=C2/CCC[C@]3(C)[C@@H]([C@H](C)[C@H](O)CCCC4(C(=O)CCC)CC4)CC[C@@H]23)C[C@@H](O)C[C@@H]1O. The van der Waals surface area contributed by atoms with Crippen LogP contribution < -0.4 is 0 Å². The smallest absolute Gasteiger partial charge is 0.139 e. The Balaban J connectivity index is 1.37. The van der Waals surface area contributed by atoms with Crippen LogP contribution in [0, 0.1) is 28.6 Å². The molecule has 4 saturated carbocycles. The molecule has 0 unspecified atom stereocenters. The fraction of sp³-hybridized carbons (Fsp3) is 0.781. The van der Waals surface area contributed by atoms with Crippen LogP contribution in [0.3, 0.4) is 0 Å². The van der Waals surface area contributed by atoms with Crippen LogP contribution in [-0.2, 0) is 4.79 Å². The molecule has 0 aliphatic heterocycles. The maximum atomic E-state index is 12.5. The predicted molar refractivity (Wildman–Crippen MR) is 145 cm³/mol. The number of fused-ring (bicyclic) bond motifs is 1. The molecule has 4 rings (SSSR count). The molecule has 4 nitrogen and oxygen atoms in total. The largest absolute Gasteiger partial charge is 0.393 e. The molecule has 3 N–H and O–H groups in total. The molecule has 4 aliphatic carbocycles. The fourth-order valence-corrected chi connectivity index (χ4v) is 8.10. The highest BCUT2D eigenvalue weighted by Crippen LogP contribution is 2.60. The third-order valence-corrected chi connectivity index (χ3v) is 10.6.